The molecule has 0 N–H and O–H groups in total. The van der Waals surface area contributed by atoms with Crippen LogP contribution in [0.2, 0.25) is 0 Å². The van der Waals surface area contributed by atoms with Gasteiger partial charge in [0.1, 0.15) is 0 Å². The molecule has 1 nitrogen and oxygen atoms in total. The van der Waals surface area contributed by atoms with E-state index in [0.29, 0.717) is 5.41 Å². The van der Waals surface area contributed by atoms with Crippen LogP contribution >= 0.6 is 0 Å². The maximum Gasteiger partial charge on any atom is 0.0388 e. The lowest BCUT2D eigenvalue weighted by Gasteiger charge is -2.32. The maximum atomic E-state index is 5.13. The zero-order chi connectivity index (χ0) is 16.8. The van der Waals surface area contributed by atoms with Crippen molar-refractivity contribution >= 4 is 5.71 Å². The van der Waals surface area contributed by atoms with Crippen molar-refractivity contribution in [2.24, 2.45) is 10.4 Å². The Hall–Kier alpha value is -0.330. The average molecular weight is 322 g/mol. The van der Waals surface area contributed by atoms with Gasteiger partial charge in [-0.1, -0.05) is 91.4 Å². The first kappa shape index (κ1) is 20.7. The normalized spacial score (nSPS) is 19.5. The van der Waals surface area contributed by atoms with Crippen LogP contribution in [0, 0.1) is 5.41 Å². The molecule has 23 heavy (non-hydrogen) atoms. The Kier molecular flexibility index (Phi) is 11.7. The van der Waals surface area contributed by atoms with Gasteiger partial charge in [-0.2, -0.15) is 0 Å². The number of nitrogens with zero attached hydrogens (tertiary/aromatic N) is 1. The molecular formula is C22H43N. The zero-order valence-electron chi connectivity index (χ0n) is 16.5. The number of unbranched alkanes of at least 4 members (excludes halogenated alkanes) is 6. The summed E-state index contributed by atoms with van der Waals surface area (Å²) in [6.07, 6.45) is 22.0. The summed E-state index contributed by atoms with van der Waals surface area (Å²) in [4.78, 5) is 5.13. The third-order valence-corrected chi connectivity index (χ3v) is 5.74. The molecule has 136 valence electrons. The van der Waals surface area contributed by atoms with Crippen molar-refractivity contribution < 1.29 is 0 Å². The van der Waals surface area contributed by atoms with Gasteiger partial charge >= 0.3 is 0 Å². The van der Waals surface area contributed by atoms with Crippen LogP contribution in [0.25, 0.3) is 0 Å². The molecule has 1 heterocycles. The fourth-order valence-corrected chi connectivity index (χ4v) is 4.02. The van der Waals surface area contributed by atoms with Crippen molar-refractivity contribution in [3.63, 3.8) is 0 Å². The van der Waals surface area contributed by atoms with Gasteiger partial charge in [-0.3, -0.25) is 4.99 Å². The number of hydrogen-bond acceptors (Lipinski definition) is 1. The third-order valence-electron chi connectivity index (χ3n) is 5.74. The van der Waals surface area contributed by atoms with Crippen molar-refractivity contribution in [3.05, 3.63) is 0 Å². The highest BCUT2D eigenvalue weighted by Crippen LogP contribution is 2.35. The molecule has 1 aliphatic heterocycles. The highest BCUT2D eigenvalue weighted by atomic mass is 14.8. The third kappa shape index (κ3) is 8.91. The summed E-state index contributed by atoms with van der Waals surface area (Å²) in [6.45, 7) is 8.26. The predicted octanol–water partition coefficient (Wildman–Crippen LogP) is 7.73. The first-order valence-corrected chi connectivity index (χ1v) is 10.8. The van der Waals surface area contributed by atoms with Gasteiger partial charge in [0.25, 0.3) is 0 Å². The summed E-state index contributed by atoms with van der Waals surface area (Å²) in [6, 6.07) is 0. The molecule has 0 amide bonds. The van der Waals surface area contributed by atoms with Crippen molar-refractivity contribution in [3.8, 4) is 0 Å². The van der Waals surface area contributed by atoms with E-state index < -0.39 is 0 Å². The molecule has 0 radical (unpaired) electrons. The monoisotopic (exact) mass is 321 g/mol. The zero-order valence-corrected chi connectivity index (χ0v) is 16.5. The minimum absolute atomic E-state index is 0.395. The predicted molar refractivity (Wildman–Crippen MR) is 106 cm³/mol. The van der Waals surface area contributed by atoms with Crippen molar-refractivity contribution in [1.82, 2.24) is 0 Å². The van der Waals surface area contributed by atoms with E-state index in [1.165, 1.54) is 103 Å². The molecule has 0 saturated heterocycles. The second-order valence-corrected chi connectivity index (χ2v) is 8.03. The van der Waals surface area contributed by atoms with E-state index in [0.717, 1.165) is 6.54 Å². The van der Waals surface area contributed by atoms with Crippen molar-refractivity contribution in [1.29, 1.82) is 0 Å². The van der Waals surface area contributed by atoms with Crippen LogP contribution in [0.5, 0.6) is 0 Å². The minimum Gasteiger partial charge on any atom is -0.294 e. The van der Waals surface area contributed by atoms with Gasteiger partial charge in [0.05, 0.1) is 0 Å². The maximum absolute atomic E-state index is 5.13. The van der Waals surface area contributed by atoms with E-state index in [9.17, 15) is 0 Å². The van der Waals surface area contributed by atoms with Gasteiger partial charge in [0.15, 0.2) is 0 Å². The Morgan fingerprint density at radius 3 is 1.91 bits per heavy atom. The fourth-order valence-electron chi connectivity index (χ4n) is 4.02. The van der Waals surface area contributed by atoms with E-state index in [-0.39, 0.29) is 0 Å². The molecule has 0 aromatic heterocycles. The van der Waals surface area contributed by atoms with E-state index in [4.69, 9.17) is 4.99 Å². The van der Waals surface area contributed by atoms with Crippen LogP contribution in [0.15, 0.2) is 4.99 Å². The second-order valence-electron chi connectivity index (χ2n) is 8.03. The average Bonchev–Trinajstić information content (AvgIpc) is 2.70. The van der Waals surface area contributed by atoms with E-state index in [2.05, 4.69) is 20.8 Å². The fraction of sp³-hybridized carbons (Fsp3) is 0.955. The smallest absolute Gasteiger partial charge is 0.0388 e. The molecule has 0 aliphatic carbocycles. The largest absolute Gasteiger partial charge is 0.294 e. The minimum atomic E-state index is 0.395. The topological polar surface area (TPSA) is 12.4 Å². The van der Waals surface area contributed by atoms with Gasteiger partial charge in [-0.05, 0) is 32.1 Å². The summed E-state index contributed by atoms with van der Waals surface area (Å²) < 4.78 is 0. The second kappa shape index (κ2) is 13.0. The molecule has 0 spiro atoms. The molecule has 0 atom stereocenters. The van der Waals surface area contributed by atoms with Crippen LogP contribution < -0.4 is 0 Å². The van der Waals surface area contributed by atoms with Crippen molar-refractivity contribution in [2.75, 3.05) is 6.54 Å². The lowest BCUT2D eigenvalue weighted by atomic mass is 9.74. The summed E-state index contributed by atoms with van der Waals surface area (Å²) in [5, 5.41) is 0. The summed E-state index contributed by atoms with van der Waals surface area (Å²) in [7, 11) is 0. The van der Waals surface area contributed by atoms with Crippen LogP contribution in [0.1, 0.15) is 124 Å². The summed E-state index contributed by atoms with van der Waals surface area (Å²) >= 11 is 0. The van der Waals surface area contributed by atoms with Crippen LogP contribution in [-0.4, -0.2) is 12.3 Å². The SMILES string of the molecule is CCCCCCC(C)(CCCCCC)/C1=N/CCCCCCC1. The van der Waals surface area contributed by atoms with Gasteiger partial charge in [-0.15, -0.1) is 0 Å². The highest BCUT2D eigenvalue weighted by molar-refractivity contribution is 5.90. The Morgan fingerprint density at radius 2 is 1.30 bits per heavy atom. The van der Waals surface area contributed by atoms with Gasteiger partial charge in [-0.25, -0.2) is 0 Å². The molecule has 0 fully saturated rings. The molecule has 1 rings (SSSR count). The van der Waals surface area contributed by atoms with Crippen molar-refractivity contribution in [2.45, 2.75) is 124 Å². The van der Waals surface area contributed by atoms with E-state index in [1.807, 2.05) is 0 Å². The van der Waals surface area contributed by atoms with Crippen LogP contribution in [0.3, 0.4) is 0 Å². The lowest BCUT2D eigenvalue weighted by molar-refractivity contribution is 0.350. The molecule has 0 aromatic carbocycles. The number of aliphatic imine (C=N–C) groups is 1. The Morgan fingerprint density at radius 1 is 0.739 bits per heavy atom. The first-order valence-electron chi connectivity index (χ1n) is 10.8. The molecule has 0 aromatic rings. The Labute approximate surface area is 146 Å². The first-order chi connectivity index (χ1) is 11.2. The number of rotatable bonds is 11. The quantitative estimate of drug-likeness (QED) is 0.345. The Balaban J connectivity index is 2.64. The molecule has 1 heteroatoms. The van der Waals surface area contributed by atoms with Crippen LogP contribution in [-0.2, 0) is 0 Å². The highest BCUT2D eigenvalue weighted by Gasteiger charge is 2.29. The molecular weight excluding hydrogens is 278 g/mol. The van der Waals surface area contributed by atoms with Gasteiger partial charge < -0.3 is 0 Å². The Bertz CT molecular complexity index is 293. The summed E-state index contributed by atoms with van der Waals surface area (Å²) in [5.41, 5.74) is 1.98. The number of hydrogen-bond donors (Lipinski definition) is 0. The molecule has 0 saturated carbocycles. The van der Waals surface area contributed by atoms with Crippen LogP contribution in [0.4, 0.5) is 0 Å². The lowest BCUT2D eigenvalue weighted by Crippen LogP contribution is -2.28. The van der Waals surface area contributed by atoms with E-state index >= 15 is 0 Å². The van der Waals surface area contributed by atoms with E-state index in [1.54, 1.807) is 5.71 Å². The summed E-state index contributed by atoms with van der Waals surface area (Å²) in [5.74, 6) is 0. The molecule has 0 unspecified atom stereocenters. The van der Waals surface area contributed by atoms with Gasteiger partial charge in [0.2, 0.25) is 0 Å². The standard InChI is InChI=1S/C22H43N/c1-4-6-8-14-18-22(3,19-15-9-7-5-2)21-17-13-11-10-12-16-20-23-21/h4-20H2,1-3H3/b23-21+. The molecule has 0 bridgehead atoms. The van der Waals surface area contributed by atoms with Gasteiger partial charge in [0, 0.05) is 17.7 Å². The molecule has 1 aliphatic rings.